The third kappa shape index (κ3) is 4.18. The van der Waals surface area contributed by atoms with Crippen molar-refractivity contribution in [1.82, 2.24) is 15.0 Å². The number of hydrogen-bond acceptors (Lipinski definition) is 5. The number of pyridine rings is 1. The summed E-state index contributed by atoms with van der Waals surface area (Å²) in [5.41, 5.74) is 7.85. The molecule has 6 aromatic rings. The zero-order valence-electron chi connectivity index (χ0n) is 19.2. The lowest BCUT2D eigenvalue weighted by atomic mass is 9.96. The van der Waals surface area contributed by atoms with Crippen molar-refractivity contribution in [1.29, 1.82) is 0 Å². The second kappa shape index (κ2) is 8.91. The molecule has 0 saturated heterocycles. The van der Waals surface area contributed by atoms with Crippen LogP contribution in [0.4, 0.5) is 23.0 Å². The number of nitrogens with zero attached hydrogens (tertiary/aromatic N) is 3. The lowest BCUT2D eigenvalue weighted by Gasteiger charge is -2.15. The van der Waals surface area contributed by atoms with Crippen LogP contribution in [0.5, 0.6) is 0 Å². The van der Waals surface area contributed by atoms with Crippen molar-refractivity contribution in [2.45, 2.75) is 0 Å². The molecule has 0 saturated carbocycles. The Labute approximate surface area is 204 Å². The van der Waals surface area contributed by atoms with Gasteiger partial charge in [-0.2, -0.15) is 0 Å². The van der Waals surface area contributed by atoms with E-state index in [2.05, 4.69) is 67.0 Å². The SMILES string of the molecule is Bc1ccc(Nc2nc3ccccc3nc2Nc2cccc3c(-c4ccccc4)ccnc23)cc1. The Hall–Kier alpha value is -4.71. The third-order valence-corrected chi connectivity index (χ3v) is 5.99. The van der Waals surface area contributed by atoms with Crippen LogP contribution >= 0.6 is 0 Å². The van der Waals surface area contributed by atoms with Crippen LogP contribution in [0.25, 0.3) is 33.1 Å². The van der Waals surface area contributed by atoms with Gasteiger partial charge in [0.25, 0.3) is 0 Å². The molecule has 6 rings (SSSR count). The van der Waals surface area contributed by atoms with Gasteiger partial charge in [0.1, 0.15) is 7.85 Å². The Bertz CT molecular complexity index is 1650. The molecule has 0 aliphatic carbocycles. The molecule has 0 atom stereocenters. The van der Waals surface area contributed by atoms with Gasteiger partial charge in [-0.3, -0.25) is 4.98 Å². The van der Waals surface area contributed by atoms with Crippen LogP contribution in [0.2, 0.25) is 0 Å². The quantitative estimate of drug-likeness (QED) is 0.335. The first kappa shape index (κ1) is 20.9. The molecular formula is C29H22BN5. The largest absolute Gasteiger partial charge is 0.337 e. The van der Waals surface area contributed by atoms with Gasteiger partial charge in [0.15, 0.2) is 11.6 Å². The summed E-state index contributed by atoms with van der Waals surface area (Å²) >= 11 is 0. The lowest BCUT2D eigenvalue weighted by Crippen LogP contribution is -2.05. The first-order valence-electron chi connectivity index (χ1n) is 11.6. The smallest absolute Gasteiger partial charge is 0.174 e. The minimum atomic E-state index is 0.642. The molecule has 0 spiro atoms. The monoisotopic (exact) mass is 451 g/mol. The van der Waals surface area contributed by atoms with Crippen molar-refractivity contribution in [2.24, 2.45) is 0 Å². The van der Waals surface area contributed by atoms with E-state index in [0.29, 0.717) is 11.6 Å². The minimum absolute atomic E-state index is 0.642. The van der Waals surface area contributed by atoms with Crippen molar-refractivity contribution in [3.05, 3.63) is 109 Å². The highest BCUT2D eigenvalue weighted by Crippen LogP contribution is 2.34. The normalized spacial score (nSPS) is 11.0. The fraction of sp³-hybridized carbons (Fsp3) is 0. The Kier molecular flexibility index (Phi) is 5.32. The maximum absolute atomic E-state index is 4.91. The maximum atomic E-state index is 4.91. The molecule has 0 unspecified atom stereocenters. The number of fused-ring (bicyclic) bond motifs is 2. The highest BCUT2D eigenvalue weighted by Gasteiger charge is 2.13. The van der Waals surface area contributed by atoms with Gasteiger partial charge < -0.3 is 10.6 Å². The van der Waals surface area contributed by atoms with E-state index in [1.165, 1.54) is 5.46 Å². The van der Waals surface area contributed by atoms with Gasteiger partial charge in [-0.1, -0.05) is 72.2 Å². The first-order chi connectivity index (χ1) is 17.2. The summed E-state index contributed by atoms with van der Waals surface area (Å²) in [5, 5.41) is 8.03. The molecule has 2 heterocycles. The molecule has 166 valence electrons. The van der Waals surface area contributed by atoms with E-state index in [9.17, 15) is 0 Å². The topological polar surface area (TPSA) is 62.7 Å². The van der Waals surface area contributed by atoms with Gasteiger partial charge in [0.05, 0.1) is 22.2 Å². The molecule has 0 amide bonds. The van der Waals surface area contributed by atoms with Crippen LogP contribution < -0.4 is 16.1 Å². The van der Waals surface area contributed by atoms with Gasteiger partial charge >= 0.3 is 0 Å². The van der Waals surface area contributed by atoms with Gasteiger partial charge in [-0.15, -0.1) is 0 Å². The van der Waals surface area contributed by atoms with E-state index in [-0.39, 0.29) is 0 Å². The van der Waals surface area contributed by atoms with E-state index < -0.39 is 0 Å². The van der Waals surface area contributed by atoms with Gasteiger partial charge in [-0.25, -0.2) is 9.97 Å². The predicted octanol–water partition coefficient (Wildman–Crippen LogP) is 5.59. The fourth-order valence-electron chi connectivity index (χ4n) is 4.22. The van der Waals surface area contributed by atoms with Gasteiger partial charge in [-0.05, 0) is 47.5 Å². The highest BCUT2D eigenvalue weighted by molar-refractivity contribution is 6.32. The molecule has 0 fully saturated rings. The molecule has 0 aliphatic heterocycles. The summed E-state index contributed by atoms with van der Waals surface area (Å²) in [5.74, 6) is 1.30. The zero-order valence-corrected chi connectivity index (χ0v) is 19.2. The summed E-state index contributed by atoms with van der Waals surface area (Å²) in [7, 11) is 2.07. The summed E-state index contributed by atoms with van der Waals surface area (Å²) < 4.78 is 0. The number of aromatic nitrogens is 3. The maximum Gasteiger partial charge on any atom is 0.174 e. The van der Waals surface area contributed by atoms with E-state index >= 15 is 0 Å². The molecule has 0 radical (unpaired) electrons. The Morgan fingerprint density at radius 1 is 0.600 bits per heavy atom. The number of anilines is 4. The van der Waals surface area contributed by atoms with E-state index in [4.69, 9.17) is 15.0 Å². The van der Waals surface area contributed by atoms with Crippen LogP contribution in [-0.2, 0) is 0 Å². The molecule has 6 heteroatoms. The van der Waals surface area contributed by atoms with Crippen LogP contribution in [0.3, 0.4) is 0 Å². The van der Waals surface area contributed by atoms with Crippen molar-refractivity contribution in [3.63, 3.8) is 0 Å². The van der Waals surface area contributed by atoms with E-state index in [0.717, 1.165) is 44.4 Å². The number of benzene rings is 4. The summed E-state index contributed by atoms with van der Waals surface area (Å²) in [6.07, 6.45) is 1.85. The lowest BCUT2D eigenvalue weighted by molar-refractivity contribution is 1.27. The third-order valence-electron chi connectivity index (χ3n) is 5.99. The molecule has 0 aliphatic rings. The Morgan fingerprint density at radius 2 is 1.29 bits per heavy atom. The average molecular weight is 451 g/mol. The van der Waals surface area contributed by atoms with Crippen LogP contribution in [0, 0.1) is 0 Å². The van der Waals surface area contributed by atoms with Crippen LogP contribution in [-0.4, -0.2) is 22.8 Å². The number of para-hydroxylation sites is 3. The van der Waals surface area contributed by atoms with Crippen LogP contribution in [0.15, 0.2) is 109 Å². The summed E-state index contributed by atoms with van der Waals surface area (Å²) in [6, 6.07) is 34.7. The molecular weight excluding hydrogens is 429 g/mol. The van der Waals surface area contributed by atoms with Crippen molar-refractivity contribution < 1.29 is 0 Å². The van der Waals surface area contributed by atoms with Crippen molar-refractivity contribution >= 4 is 58.3 Å². The number of hydrogen-bond donors (Lipinski definition) is 2. The first-order valence-corrected chi connectivity index (χ1v) is 11.6. The van der Waals surface area contributed by atoms with E-state index in [1.54, 1.807) is 0 Å². The highest BCUT2D eigenvalue weighted by atomic mass is 15.1. The second-order valence-corrected chi connectivity index (χ2v) is 8.45. The fourth-order valence-corrected chi connectivity index (χ4v) is 4.22. The molecule has 2 N–H and O–H groups in total. The predicted molar refractivity (Wildman–Crippen MR) is 148 cm³/mol. The summed E-state index contributed by atoms with van der Waals surface area (Å²) in [6.45, 7) is 0. The van der Waals surface area contributed by atoms with Crippen LogP contribution in [0.1, 0.15) is 0 Å². The standard InChI is InChI=1S/C29H22BN5/c30-20-13-15-21(16-14-20)32-28-29(34-25-11-5-4-10-24(25)33-28)35-26-12-6-9-23-22(17-18-31-27(23)26)19-7-2-1-3-8-19/h1-18H,30H2,(H,32,33)(H,34,35). The number of rotatable bonds is 5. The van der Waals surface area contributed by atoms with Crippen molar-refractivity contribution in [2.75, 3.05) is 10.6 Å². The van der Waals surface area contributed by atoms with Gasteiger partial charge in [0.2, 0.25) is 0 Å². The molecule has 2 aromatic heterocycles. The molecule has 0 bridgehead atoms. The second-order valence-electron chi connectivity index (χ2n) is 8.45. The van der Waals surface area contributed by atoms with Gasteiger partial charge in [0, 0.05) is 17.3 Å². The summed E-state index contributed by atoms with van der Waals surface area (Å²) in [4.78, 5) is 14.5. The zero-order chi connectivity index (χ0) is 23.6. The Morgan fingerprint density at radius 3 is 2.03 bits per heavy atom. The van der Waals surface area contributed by atoms with E-state index in [1.807, 2.05) is 60.8 Å². The molecule has 4 aromatic carbocycles. The molecule has 35 heavy (non-hydrogen) atoms. The average Bonchev–Trinajstić information content (AvgIpc) is 2.90. The Balaban J connectivity index is 1.46. The number of nitrogens with one attached hydrogen (secondary N) is 2. The minimum Gasteiger partial charge on any atom is -0.337 e. The molecule has 5 nitrogen and oxygen atoms in total. The van der Waals surface area contributed by atoms with Crippen molar-refractivity contribution in [3.8, 4) is 11.1 Å².